The lowest BCUT2D eigenvalue weighted by molar-refractivity contribution is -0.384. The highest BCUT2D eigenvalue weighted by Gasteiger charge is 2.15. The Hall–Kier alpha value is -3.50. The maximum absolute atomic E-state index is 12.1. The molecule has 0 aliphatic carbocycles. The lowest BCUT2D eigenvalue weighted by Gasteiger charge is -2.26. The van der Waals surface area contributed by atoms with E-state index in [1.54, 1.807) is 0 Å². The van der Waals surface area contributed by atoms with E-state index in [9.17, 15) is 29.3 Å². The SMILES string of the molecule is CC(=O)NCCN(CCN(CCNC(=O)c1ccc([N+](=O)[O-])cc1)C(C)=O)C(C)=O. The fourth-order valence-electron chi connectivity index (χ4n) is 2.60. The van der Waals surface area contributed by atoms with Crippen molar-refractivity contribution in [1.82, 2.24) is 20.4 Å². The van der Waals surface area contributed by atoms with Crippen LogP contribution in [-0.4, -0.2) is 77.6 Å². The summed E-state index contributed by atoms with van der Waals surface area (Å²) in [4.78, 5) is 59.8. The number of nitrogens with one attached hydrogen (secondary N) is 2. The highest BCUT2D eigenvalue weighted by molar-refractivity contribution is 5.94. The van der Waals surface area contributed by atoms with Crippen LogP contribution in [0.1, 0.15) is 31.1 Å². The molecule has 0 bridgehead atoms. The van der Waals surface area contributed by atoms with Crippen molar-refractivity contribution < 1.29 is 24.1 Å². The number of carbonyl (C=O) groups excluding carboxylic acids is 4. The molecule has 0 saturated heterocycles. The first-order chi connectivity index (χ1) is 14.1. The fraction of sp³-hybridized carbons (Fsp3) is 0.474. The molecule has 1 aromatic carbocycles. The number of rotatable bonds is 11. The normalized spacial score (nSPS) is 10.1. The average Bonchev–Trinajstić information content (AvgIpc) is 2.68. The molecule has 0 heterocycles. The largest absolute Gasteiger partial charge is 0.355 e. The monoisotopic (exact) mass is 421 g/mol. The van der Waals surface area contributed by atoms with E-state index in [0.29, 0.717) is 19.6 Å². The van der Waals surface area contributed by atoms with Crippen molar-refractivity contribution in [3.05, 3.63) is 39.9 Å². The second kappa shape index (κ2) is 12.1. The van der Waals surface area contributed by atoms with Crippen molar-refractivity contribution >= 4 is 29.3 Å². The third kappa shape index (κ3) is 8.67. The fourth-order valence-corrected chi connectivity index (χ4v) is 2.60. The van der Waals surface area contributed by atoms with Gasteiger partial charge in [0.1, 0.15) is 0 Å². The smallest absolute Gasteiger partial charge is 0.269 e. The first-order valence-electron chi connectivity index (χ1n) is 9.40. The highest BCUT2D eigenvalue weighted by Crippen LogP contribution is 2.11. The number of benzene rings is 1. The molecule has 0 unspecified atom stereocenters. The minimum Gasteiger partial charge on any atom is -0.355 e. The Kier molecular flexibility index (Phi) is 9.93. The number of nitro groups is 1. The summed E-state index contributed by atoms with van der Waals surface area (Å²) in [6.45, 7) is 5.85. The molecule has 1 rings (SSSR count). The van der Waals surface area contributed by atoms with Gasteiger partial charge in [0.15, 0.2) is 0 Å². The first kappa shape index (κ1) is 24.5. The van der Waals surface area contributed by atoms with Crippen LogP contribution in [0.4, 0.5) is 5.69 Å². The van der Waals surface area contributed by atoms with Gasteiger partial charge in [-0.2, -0.15) is 0 Å². The van der Waals surface area contributed by atoms with E-state index < -0.39 is 10.8 Å². The third-order valence-electron chi connectivity index (χ3n) is 4.29. The quantitative estimate of drug-likeness (QED) is 0.385. The lowest BCUT2D eigenvalue weighted by atomic mass is 10.2. The van der Waals surface area contributed by atoms with E-state index in [2.05, 4.69) is 10.6 Å². The Morgan fingerprint density at radius 1 is 0.833 bits per heavy atom. The van der Waals surface area contributed by atoms with Crippen LogP contribution < -0.4 is 10.6 Å². The van der Waals surface area contributed by atoms with Gasteiger partial charge in [-0.3, -0.25) is 29.3 Å². The van der Waals surface area contributed by atoms with Crippen LogP contribution in [0, 0.1) is 10.1 Å². The van der Waals surface area contributed by atoms with Gasteiger partial charge in [0.25, 0.3) is 11.6 Å². The molecule has 11 nitrogen and oxygen atoms in total. The van der Waals surface area contributed by atoms with E-state index in [-0.39, 0.29) is 48.6 Å². The van der Waals surface area contributed by atoms with Crippen LogP contribution in [0.3, 0.4) is 0 Å². The third-order valence-corrected chi connectivity index (χ3v) is 4.29. The molecule has 0 atom stereocenters. The van der Waals surface area contributed by atoms with Crippen LogP contribution in [-0.2, 0) is 14.4 Å². The predicted octanol–water partition coefficient (Wildman–Crippen LogP) is 0.158. The zero-order valence-corrected chi connectivity index (χ0v) is 17.3. The summed E-state index contributed by atoms with van der Waals surface area (Å²) in [5.41, 5.74) is 0.165. The molecule has 11 heteroatoms. The number of non-ortho nitro benzene ring substituents is 1. The Balaban J connectivity index is 2.51. The van der Waals surface area contributed by atoms with E-state index >= 15 is 0 Å². The van der Waals surface area contributed by atoms with Gasteiger partial charge in [-0.05, 0) is 12.1 Å². The van der Waals surface area contributed by atoms with Crippen molar-refractivity contribution in [3.63, 3.8) is 0 Å². The number of hydrogen-bond donors (Lipinski definition) is 2. The summed E-state index contributed by atoms with van der Waals surface area (Å²) in [6, 6.07) is 5.20. The standard InChI is InChI=1S/C19H27N5O6/c1-14(25)20-8-10-22(15(2)26)12-13-23(16(3)27)11-9-21-19(28)17-4-6-18(7-5-17)24(29)30/h4-7H,8-13H2,1-3H3,(H,20,25)(H,21,28). The van der Waals surface area contributed by atoms with Gasteiger partial charge in [0.2, 0.25) is 17.7 Å². The number of nitro benzene ring substituents is 1. The molecule has 2 N–H and O–H groups in total. The van der Waals surface area contributed by atoms with Crippen LogP contribution in [0.5, 0.6) is 0 Å². The maximum atomic E-state index is 12.1. The van der Waals surface area contributed by atoms with Crippen molar-refractivity contribution in [2.24, 2.45) is 0 Å². The van der Waals surface area contributed by atoms with E-state index in [1.807, 2.05) is 0 Å². The van der Waals surface area contributed by atoms with E-state index in [1.165, 1.54) is 54.8 Å². The van der Waals surface area contributed by atoms with Gasteiger partial charge in [0, 0.05) is 77.7 Å². The molecule has 0 aliphatic heterocycles. The molecule has 0 aliphatic rings. The van der Waals surface area contributed by atoms with Crippen molar-refractivity contribution in [2.45, 2.75) is 20.8 Å². The Morgan fingerprint density at radius 2 is 1.30 bits per heavy atom. The summed E-state index contributed by atoms with van der Waals surface area (Å²) in [7, 11) is 0. The van der Waals surface area contributed by atoms with E-state index in [4.69, 9.17) is 0 Å². The zero-order valence-electron chi connectivity index (χ0n) is 17.3. The summed E-state index contributed by atoms with van der Waals surface area (Å²) in [5.74, 6) is -0.970. The highest BCUT2D eigenvalue weighted by atomic mass is 16.6. The summed E-state index contributed by atoms with van der Waals surface area (Å²) in [6.07, 6.45) is 0. The Morgan fingerprint density at radius 3 is 1.70 bits per heavy atom. The molecule has 30 heavy (non-hydrogen) atoms. The summed E-state index contributed by atoms with van der Waals surface area (Å²) < 4.78 is 0. The number of hydrogen-bond acceptors (Lipinski definition) is 6. The maximum Gasteiger partial charge on any atom is 0.269 e. The topological polar surface area (TPSA) is 142 Å². The molecule has 1 aromatic rings. The van der Waals surface area contributed by atoms with Crippen LogP contribution >= 0.6 is 0 Å². The van der Waals surface area contributed by atoms with Crippen LogP contribution in [0.25, 0.3) is 0 Å². The predicted molar refractivity (Wildman–Crippen MR) is 109 cm³/mol. The second-order valence-corrected chi connectivity index (χ2v) is 6.55. The van der Waals surface area contributed by atoms with Gasteiger partial charge in [-0.1, -0.05) is 0 Å². The van der Waals surface area contributed by atoms with Crippen molar-refractivity contribution in [2.75, 3.05) is 39.3 Å². The van der Waals surface area contributed by atoms with E-state index in [0.717, 1.165) is 0 Å². The molecule has 164 valence electrons. The van der Waals surface area contributed by atoms with Crippen molar-refractivity contribution in [1.29, 1.82) is 0 Å². The summed E-state index contributed by atoms with van der Waals surface area (Å²) >= 11 is 0. The molecule has 0 radical (unpaired) electrons. The molecule has 0 spiro atoms. The first-order valence-corrected chi connectivity index (χ1v) is 9.40. The zero-order chi connectivity index (χ0) is 22.7. The minimum atomic E-state index is -0.549. The molecular formula is C19H27N5O6. The molecular weight excluding hydrogens is 394 g/mol. The number of carbonyl (C=O) groups is 4. The average molecular weight is 421 g/mol. The van der Waals surface area contributed by atoms with Gasteiger partial charge in [-0.15, -0.1) is 0 Å². The van der Waals surface area contributed by atoms with Crippen LogP contribution in [0.2, 0.25) is 0 Å². The van der Waals surface area contributed by atoms with Gasteiger partial charge in [0.05, 0.1) is 4.92 Å². The van der Waals surface area contributed by atoms with Gasteiger partial charge < -0.3 is 20.4 Å². The Bertz CT molecular complexity index is 780. The molecule has 4 amide bonds. The van der Waals surface area contributed by atoms with Gasteiger partial charge in [-0.25, -0.2) is 0 Å². The summed E-state index contributed by atoms with van der Waals surface area (Å²) in [5, 5.41) is 15.9. The number of nitrogens with zero attached hydrogens (tertiary/aromatic N) is 3. The van der Waals surface area contributed by atoms with Gasteiger partial charge >= 0.3 is 0 Å². The molecule has 0 saturated carbocycles. The molecule has 0 aromatic heterocycles. The Labute approximate surface area is 174 Å². The second-order valence-electron chi connectivity index (χ2n) is 6.55. The lowest BCUT2D eigenvalue weighted by Crippen LogP contribution is -2.44. The number of amides is 4. The van der Waals surface area contributed by atoms with Crippen molar-refractivity contribution in [3.8, 4) is 0 Å². The van der Waals surface area contributed by atoms with Crippen LogP contribution in [0.15, 0.2) is 24.3 Å². The minimum absolute atomic E-state index is 0.108. The molecule has 0 fully saturated rings.